The van der Waals surface area contributed by atoms with Gasteiger partial charge in [-0.05, 0) is 37.3 Å². The van der Waals surface area contributed by atoms with E-state index in [1.54, 1.807) is 4.90 Å². The molecule has 4 atom stereocenters. The van der Waals surface area contributed by atoms with Gasteiger partial charge in [0.05, 0.1) is 13.1 Å². The molecule has 3 rings (SSSR count). The van der Waals surface area contributed by atoms with Crippen LogP contribution >= 0.6 is 0 Å². The summed E-state index contributed by atoms with van der Waals surface area (Å²) in [5.41, 5.74) is 2.48. The number of benzene rings is 2. The highest BCUT2D eigenvalue weighted by molar-refractivity contribution is 5.18. The molecule has 130 valence electrons. The third-order valence-corrected chi connectivity index (χ3v) is 5.29. The average molecular weight is 346 g/mol. The molecule has 1 saturated heterocycles. The van der Waals surface area contributed by atoms with Gasteiger partial charge in [0.2, 0.25) is 0 Å². The molecule has 2 nitrogen and oxygen atoms in total. The lowest BCUT2D eigenvalue weighted by Gasteiger charge is -2.36. The zero-order valence-electron chi connectivity index (χ0n) is 14.4. The molecule has 0 aromatic heterocycles. The van der Waals surface area contributed by atoms with Crippen LogP contribution in [0.1, 0.15) is 37.0 Å². The van der Waals surface area contributed by atoms with Gasteiger partial charge in [-0.1, -0.05) is 60.7 Å². The molecule has 1 heterocycles. The molecule has 0 saturated carbocycles. The van der Waals surface area contributed by atoms with Gasteiger partial charge in [-0.2, -0.15) is 0 Å². The number of hydrogen-bond donors (Lipinski definition) is 2. The summed E-state index contributed by atoms with van der Waals surface area (Å²) >= 11 is 0. The monoisotopic (exact) mass is 345 g/mol. The van der Waals surface area contributed by atoms with Crippen molar-refractivity contribution in [2.45, 2.75) is 38.3 Å². The molecule has 2 N–H and O–H groups in total. The predicted molar refractivity (Wildman–Crippen MR) is 94.4 cm³/mol. The minimum atomic E-state index is -0.373. The second-order valence-corrected chi connectivity index (χ2v) is 6.95. The number of likely N-dealkylation sites (tertiary alicyclic amines) is 1. The number of nitrogens with one attached hydrogen (secondary N) is 1. The van der Waals surface area contributed by atoms with Crippen LogP contribution in [0.3, 0.4) is 0 Å². The first kappa shape index (κ1) is 19.0. The van der Waals surface area contributed by atoms with Crippen molar-refractivity contribution in [2.75, 3.05) is 13.1 Å². The van der Waals surface area contributed by atoms with Crippen LogP contribution in [-0.2, 0) is 6.42 Å². The minimum Gasteiger partial charge on any atom is -1.00 e. The minimum absolute atomic E-state index is 0. The lowest BCUT2D eigenvalue weighted by molar-refractivity contribution is -0.936. The first-order valence-electron chi connectivity index (χ1n) is 8.85. The standard InChI is InChI=1S/C21H27NO.ClH/c1-17(21(23)20-12-6-3-7-13-20)22-14-8-11-19(16-22)15-18-9-4-2-5-10-18;/h2-7,9-10,12-13,17,19,21,23H,8,11,14-16H2,1H3;1H. The molecule has 0 bridgehead atoms. The van der Waals surface area contributed by atoms with Crippen LogP contribution in [0.5, 0.6) is 0 Å². The highest BCUT2D eigenvalue weighted by atomic mass is 35.5. The van der Waals surface area contributed by atoms with E-state index in [9.17, 15) is 5.11 Å². The van der Waals surface area contributed by atoms with Gasteiger partial charge in [-0.25, -0.2) is 0 Å². The molecule has 3 heteroatoms. The molecule has 0 spiro atoms. The molecule has 1 fully saturated rings. The van der Waals surface area contributed by atoms with E-state index in [-0.39, 0.29) is 24.6 Å². The number of piperidine rings is 1. The quantitative estimate of drug-likeness (QED) is 0.761. The van der Waals surface area contributed by atoms with Crippen molar-refractivity contribution < 1.29 is 22.4 Å². The summed E-state index contributed by atoms with van der Waals surface area (Å²) in [5, 5.41) is 10.7. The molecular formula is C21H28ClNO. The topological polar surface area (TPSA) is 24.7 Å². The van der Waals surface area contributed by atoms with Crippen molar-refractivity contribution in [3.63, 3.8) is 0 Å². The van der Waals surface area contributed by atoms with Gasteiger partial charge < -0.3 is 22.4 Å². The summed E-state index contributed by atoms with van der Waals surface area (Å²) in [7, 11) is 0. The fraction of sp³-hybridized carbons (Fsp3) is 0.429. The van der Waals surface area contributed by atoms with Crippen molar-refractivity contribution in [2.24, 2.45) is 5.92 Å². The van der Waals surface area contributed by atoms with Gasteiger partial charge in [-0.3, -0.25) is 0 Å². The number of rotatable bonds is 5. The summed E-state index contributed by atoms with van der Waals surface area (Å²) in [6.45, 7) is 4.54. The van der Waals surface area contributed by atoms with Crippen LogP contribution in [0.4, 0.5) is 0 Å². The van der Waals surface area contributed by atoms with Crippen molar-refractivity contribution in [1.29, 1.82) is 0 Å². The second-order valence-electron chi connectivity index (χ2n) is 6.95. The number of quaternary nitrogens is 1. The van der Waals surface area contributed by atoms with E-state index in [1.807, 2.05) is 30.3 Å². The third kappa shape index (κ3) is 4.83. The summed E-state index contributed by atoms with van der Waals surface area (Å²) in [4.78, 5) is 1.55. The Morgan fingerprint density at radius 2 is 1.67 bits per heavy atom. The fourth-order valence-corrected chi connectivity index (χ4v) is 3.89. The van der Waals surface area contributed by atoms with Gasteiger partial charge in [0.1, 0.15) is 12.1 Å². The van der Waals surface area contributed by atoms with Crippen molar-refractivity contribution in [3.05, 3.63) is 71.8 Å². The van der Waals surface area contributed by atoms with Crippen molar-refractivity contribution in [1.82, 2.24) is 0 Å². The summed E-state index contributed by atoms with van der Waals surface area (Å²) in [5.74, 6) is 0.728. The average Bonchev–Trinajstić information content (AvgIpc) is 2.62. The molecule has 2 aromatic rings. The Hall–Kier alpha value is -1.35. The third-order valence-electron chi connectivity index (χ3n) is 5.29. The fourth-order valence-electron chi connectivity index (χ4n) is 3.89. The Bertz CT molecular complexity index is 589. The SMILES string of the molecule is CC(C(O)c1ccccc1)[NH+]1CCCC(Cc2ccccc2)C1.[Cl-]. The van der Waals surface area contributed by atoms with E-state index in [1.165, 1.54) is 37.9 Å². The zero-order valence-corrected chi connectivity index (χ0v) is 15.1. The summed E-state index contributed by atoms with van der Waals surface area (Å²) in [6, 6.07) is 21.1. The molecule has 4 unspecified atom stereocenters. The van der Waals surface area contributed by atoms with Crippen LogP contribution < -0.4 is 17.3 Å². The number of aliphatic hydroxyl groups is 1. The van der Waals surface area contributed by atoms with E-state index < -0.39 is 0 Å². The first-order valence-corrected chi connectivity index (χ1v) is 8.85. The molecule has 1 aliphatic heterocycles. The van der Waals surface area contributed by atoms with Crippen molar-refractivity contribution >= 4 is 0 Å². The Balaban J connectivity index is 0.00000208. The van der Waals surface area contributed by atoms with E-state index in [0.29, 0.717) is 0 Å². The number of hydrogen-bond acceptors (Lipinski definition) is 1. The summed E-state index contributed by atoms with van der Waals surface area (Å²) < 4.78 is 0. The van der Waals surface area contributed by atoms with Crippen LogP contribution in [0.25, 0.3) is 0 Å². The van der Waals surface area contributed by atoms with Crippen molar-refractivity contribution in [3.8, 4) is 0 Å². The number of halogens is 1. The predicted octanol–water partition coefficient (Wildman–Crippen LogP) is -0.350. The van der Waals surface area contributed by atoms with Gasteiger partial charge in [0.25, 0.3) is 0 Å². The molecule has 24 heavy (non-hydrogen) atoms. The smallest absolute Gasteiger partial charge is 0.130 e. The Labute approximate surface area is 151 Å². The van der Waals surface area contributed by atoms with E-state index in [4.69, 9.17) is 0 Å². The highest BCUT2D eigenvalue weighted by Crippen LogP contribution is 2.18. The Kier molecular flexibility index (Phi) is 7.29. The Morgan fingerprint density at radius 1 is 1.04 bits per heavy atom. The largest absolute Gasteiger partial charge is 1.00 e. The molecule has 0 aliphatic carbocycles. The van der Waals surface area contributed by atoms with Gasteiger partial charge in [0.15, 0.2) is 0 Å². The second kappa shape index (κ2) is 9.22. The van der Waals surface area contributed by atoms with Gasteiger partial charge in [-0.15, -0.1) is 0 Å². The van der Waals surface area contributed by atoms with Crippen LogP contribution in [0, 0.1) is 5.92 Å². The van der Waals surface area contributed by atoms with Gasteiger partial charge >= 0.3 is 0 Å². The van der Waals surface area contributed by atoms with E-state index >= 15 is 0 Å². The zero-order chi connectivity index (χ0) is 16.1. The molecule has 1 aliphatic rings. The maximum absolute atomic E-state index is 10.7. The number of aliphatic hydroxyl groups excluding tert-OH is 1. The Morgan fingerprint density at radius 3 is 2.33 bits per heavy atom. The lowest BCUT2D eigenvalue weighted by atomic mass is 9.89. The molecular weight excluding hydrogens is 318 g/mol. The van der Waals surface area contributed by atoms with E-state index in [0.717, 1.165) is 11.5 Å². The lowest BCUT2D eigenvalue weighted by Crippen LogP contribution is -3.17. The van der Waals surface area contributed by atoms with Crippen LogP contribution in [-0.4, -0.2) is 24.2 Å². The van der Waals surface area contributed by atoms with Crippen LogP contribution in [0.2, 0.25) is 0 Å². The maximum atomic E-state index is 10.7. The van der Waals surface area contributed by atoms with Gasteiger partial charge in [0, 0.05) is 5.92 Å². The normalized spacial score (nSPS) is 23.1. The highest BCUT2D eigenvalue weighted by Gasteiger charge is 2.31. The molecule has 0 amide bonds. The molecule has 0 radical (unpaired) electrons. The first-order chi connectivity index (χ1) is 11.2. The molecule has 2 aromatic carbocycles. The van der Waals surface area contributed by atoms with Crippen LogP contribution in [0.15, 0.2) is 60.7 Å². The van der Waals surface area contributed by atoms with E-state index in [2.05, 4.69) is 37.3 Å². The summed E-state index contributed by atoms with van der Waals surface area (Å²) in [6.07, 6.45) is 3.37. The maximum Gasteiger partial charge on any atom is 0.130 e.